The Bertz CT molecular complexity index is 642. The Hall–Kier alpha value is -1.56. The Labute approximate surface area is 149 Å². The summed E-state index contributed by atoms with van der Waals surface area (Å²) in [6, 6.07) is 6.02. The molecule has 0 fully saturated rings. The summed E-state index contributed by atoms with van der Waals surface area (Å²) in [6.45, 7) is 8.23. The molecule has 0 spiro atoms. The predicted octanol–water partition coefficient (Wildman–Crippen LogP) is 3.33. The molecule has 0 atom stereocenters. The van der Waals surface area contributed by atoms with E-state index in [1.807, 2.05) is 19.1 Å². The summed E-state index contributed by atoms with van der Waals surface area (Å²) in [6.07, 6.45) is 1.75. The fourth-order valence-electron chi connectivity index (χ4n) is 2.49. The summed E-state index contributed by atoms with van der Waals surface area (Å²) in [5.74, 6) is 0.742. The number of imidazole rings is 1. The van der Waals surface area contributed by atoms with E-state index < -0.39 is 0 Å². The van der Waals surface area contributed by atoms with Gasteiger partial charge in [-0.2, -0.15) is 0 Å². The summed E-state index contributed by atoms with van der Waals surface area (Å²) < 4.78 is 5.51. The normalized spacial score (nSPS) is 11.5. The Morgan fingerprint density at radius 3 is 2.58 bits per heavy atom. The van der Waals surface area contributed by atoms with Gasteiger partial charge in [0.05, 0.1) is 23.7 Å². The van der Waals surface area contributed by atoms with Crippen molar-refractivity contribution in [1.82, 2.24) is 19.8 Å². The third-order valence-corrected chi connectivity index (χ3v) is 4.17. The van der Waals surface area contributed by atoms with Crippen molar-refractivity contribution in [3.8, 4) is 5.75 Å². The number of aryl methyl sites for hydroxylation is 1. The SMILES string of the molecule is CCOc1ccc(CN(CCN(C)C)Cc2nc[nH]c2C)cc1Cl. The fourth-order valence-corrected chi connectivity index (χ4v) is 2.74. The van der Waals surface area contributed by atoms with Gasteiger partial charge in [0.1, 0.15) is 5.75 Å². The molecule has 0 aliphatic carbocycles. The summed E-state index contributed by atoms with van der Waals surface area (Å²) in [4.78, 5) is 12.1. The van der Waals surface area contributed by atoms with Crippen LogP contribution in [0.2, 0.25) is 5.02 Å². The van der Waals surface area contributed by atoms with Crippen molar-refractivity contribution in [3.05, 3.63) is 46.5 Å². The molecular weight excluding hydrogens is 324 g/mol. The lowest BCUT2D eigenvalue weighted by molar-refractivity contribution is 0.223. The standard InChI is InChI=1S/C18H27ClN4O/c1-5-24-18-7-6-15(10-16(18)19)11-23(9-8-22(3)4)12-17-14(2)20-13-21-17/h6-7,10,13H,5,8-9,11-12H2,1-4H3,(H,20,21). The van der Waals surface area contributed by atoms with Crippen LogP contribution < -0.4 is 4.74 Å². The molecule has 0 aliphatic rings. The minimum absolute atomic E-state index is 0.618. The lowest BCUT2D eigenvalue weighted by Crippen LogP contribution is -2.31. The largest absolute Gasteiger partial charge is 0.492 e. The van der Waals surface area contributed by atoms with Gasteiger partial charge in [0.15, 0.2) is 0 Å². The zero-order valence-corrected chi connectivity index (χ0v) is 15.7. The predicted molar refractivity (Wildman–Crippen MR) is 98.6 cm³/mol. The van der Waals surface area contributed by atoms with E-state index >= 15 is 0 Å². The molecule has 5 nitrogen and oxygen atoms in total. The van der Waals surface area contributed by atoms with Gasteiger partial charge >= 0.3 is 0 Å². The number of H-pyrrole nitrogens is 1. The topological polar surface area (TPSA) is 44.4 Å². The fraction of sp³-hybridized carbons (Fsp3) is 0.500. The van der Waals surface area contributed by atoms with Gasteiger partial charge in [-0.1, -0.05) is 17.7 Å². The number of aromatic nitrogens is 2. The van der Waals surface area contributed by atoms with Crippen LogP contribution in [0, 0.1) is 6.92 Å². The maximum Gasteiger partial charge on any atom is 0.137 e. The molecule has 0 saturated carbocycles. The molecule has 2 rings (SSSR count). The van der Waals surface area contributed by atoms with Gasteiger partial charge in [-0.25, -0.2) is 4.98 Å². The van der Waals surface area contributed by atoms with Crippen molar-refractivity contribution in [2.75, 3.05) is 33.8 Å². The van der Waals surface area contributed by atoms with Gasteiger partial charge in [0.2, 0.25) is 0 Å². The molecule has 132 valence electrons. The number of hydrogen-bond donors (Lipinski definition) is 1. The van der Waals surface area contributed by atoms with E-state index in [4.69, 9.17) is 16.3 Å². The molecule has 1 aromatic carbocycles. The van der Waals surface area contributed by atoms with E-state index in [1.54, 1.807) is 6.33 Å². The highest BCUT2D eigenvalue weighted by molar-refractivity contribution is 6.32. The number of nitrogens with zero attached hydrogens (tertiary/aromatic N) is 3. The first kappa shape index (κ1) is 18.8. The third-order valence-electron chi connectivity index (χ3n) is 3.87. The molecule has 1 aromatic heterocycles. The minimum atomic E-state index is 0.618. The number of nitrogens with one attached hydrogen (secondary N) is 1. The van der Waals surface area contributed by atoms with E-state index in [-0.39, 0.29) is 0 Å². The molecule has 0 amide bonds. The molecule has 0 bridgehead atoms. The zero-order chi connectivity index (χ0) is 17.5. The minimum Gasteiger partial charge on any atom is -0.492 e. The Morgan fingerprint density at radius 2 is 2.00 bits per heavy atom. The van der Waals surface area contributed by atoms with Gasteiger partial charge in [-0.3, -0.25) is 4.90 Å². The maximum absolute atomic E-state index is 6.32. The first-order valence-corrected chi connectivity index (χ1v) is 8.64. The van der Waals surface area contributed by atoms with Crippen molar-refractivity contribution in [1.29, 1.82) is 0 Å². The smallest absolute Gasteiger partial charge is 0.137 e. The average Bonchev–Trinajstić information content (AvgIpc) is 2.93. The van der Waals surface area contributed by atoms with E-state index in [0.29, 0.717) is 11.6 Å². The number of likely N-dealkylation sites (N-methyl/N-ethyl adjacent to an activating group) is 1. The molecule has 6 heteroatoms. The summed E-state index contributed by atoms with van der Waals surface area (Å²) in [5, 5.41) is 0.665. The van der Waals surface area contributed by atoms with Crippen molar-refractivity contribution in [2.24, 2.45) is 0 Å². The second-order valence-corrected chi connectivity index (χ2v) is 6.59. The number of halogens is 1. The van der Waals surface area contributed by atoms with Gasteiger partial charge in [-0.15, -0.1) is 0 Å². The zero-order valence-electron chi connectivity index (χ0n) is 15.0. The highest BCUT2D eigenvalue weighted by Gasteiger charge is 2.12. The van der Waals surface area contributed by atoms with Crippen LogP contribution in [0.5, 0.6) is 5.75 Å². The van der Waals surface area contributed by atoms with Crippen molar-refractivity contribution < 1.29 is 4.74 Å². The van der Waals surface area contributed by atoms with Crippen LogP contribution in [0.4, 0.5) is 0 Å². The van der Waals surface area contributed by atoms with Crippen LogP contribution >= 0.6 is 11.6 Å². The number of hydrogen-bond acceptors (Lipinski definition) is 4. The Kier molecular flexibility index (Phi) is 7.09. The number of ether oxygens (including phenoxy) is 1. The van der Waals surface area contributed by atoms with Crippen LogP contribution in [0.3, 0.4) is 0 Å². The number of benzene rings is 1. The number of aromatic amines is 1. The maximum atomic E-state index is 6.32. The summed E-state index contributed by atoms with van der Waals surface area (Å²) >= 11 is 6.32. The molecule has 0 unspecified atom stereocenters. The molecule has 1 N–H and O–H groups in total. The van der Waals surface area contributed by atoms with Crippen molar-refractivity contribution in [2.45, 2.75) is 26.9 Å². The Morgan fingerprint density at radius 1 is 1.21 bits per heavy atom. The van der Waals surface area contributed by atoms with E-state index in [1.165, 1.54) is 5.56 Å². The van der Waals surface area contributed by atoms with Crippen LogP contribution in [0.1, 0.15) is 23.9 Å². The monoisotopic (exact) mass is 350 g/mol. The average molecular weight is 351 g/mol. The van der Waals surface area contributed by atoms with E-state index in [2.05, 4.69) is 46.9 Å². The lowest BCUT2D eigenvalue weighted by atomic mass is 10.2. The summed E-state index contributed by atoms with van der Waals surface area (Å²) in [7, 11) is 4.18. The Balaban J connectivity index is 2.09. The summed E-state index contributed by atoms with van der Waals surface area (Å²) in [5.41, 5.74) is 3.38. The van der Waals surface area contributed by atoms with Gasteiger partial charge in [-0.05, 0) is 45.6 Å². The van der Waals surface area contributed by atoms with E-state index in [0.717, 1.165) is 43.3 Å². The van der Waals surface area contributed by atoms with Crippen LogP contribution in [-0.4, -0.2) is 53.6 Å². The second-order valence-electron chi connectivity index (χ2n) is 6.19. The van der Waals surface area contributed by atoms with Crippen LogP contribution in [0.15, 0.2) is 24.5 Å². The quantitative estimate of drug-likeness (QED) is 0.753. The first-order chi connectivity index (χ1) is 11.5. The second kappa shape index (κ2) is 9.06. The molecule has 24 heavy (non-hydrogen) atoms. The van der Waals surface area contributed by atoms with Crippen molar-refractivity contribution in [3.63, 3.8) is 0 Å². The highest BCUT2D eigenvalue weighted by Crippen LogP contribution is 2.26. The van der Waals surface area contributed by atoms with Gasteiger partial charge in [0.25, 0.3) is 0 Å². The van der Waals surface area contributed by atoms with Gasteiger partial charge < -0.3 is 14.6 Å². The third kappa shape index (κ3) is 5.51. The molecule has 1 heterocycles. The van der Waals surface area contributed by atoms with Crippen LogP contribution in [-0.2, 0) is 13.1 Å². The lowest BCUT2D eigenvalue weighted by Gasteiger charge is -2.24. The number of rotatable bonds is 9. The first-order valence-electron chi connectivity index (χ1n) is 8.26. The molecular formula is C18H27ClN4O. The molecule has 2 aromatic rings. The van der Waals surface area contributed by atoms with Crippen molar-refractivity contribution >= 4 is 11.6 Å². The molecule has 0 radical (unpaired) electrons. The van der Waals surface area contributed by atoms with Crippen LogP contribution in [0.25, 0.3) is 0 Å². The molecule has 0 aliphatic heterocycles. The molecule has 0 saturated heterocycles. The highest BCUT2D eigenvalue weighted by atomic mass is 35.5. The van der Waals surface area contributed by atoms with E-state index in [9.17, 15) is 0 Å². The van der Waals surface area contributed by atoms with Gasteiger partial charge in [0, 0.05) is 31.9 Å².